The number of nitrogens with zero attached hydrogens (tertiary/aromatic N) is 3. The largest absolute Gasteiger partial charge is 0.508 e. The normalized spacial score (nSPS) is 20.2. The van der Waals surface area contributed by atoms with Crippen molar-refractivity contribution in [2.45, 2.75) is 37.8 Å². The second kappa shape index (κ2) is 11.5. The minimum absolute atomic E-state index is 0.100. The summed E-state index contributed by atoms with van der Waals surface area (Å²) < 4.78 is 0. The Bertz CT molecular complexity index is 1600. The summed E-state index contributed by atoms with van der Waals surface area (Å²) in [5, 5.41) is 25.0. The van der Waals surface area contributed by atoms with Crippen LogP contribution >= 0.6 is 0 Å². The van der Waals surface area contributed by atoms with Crippen LogP contribution in [0.3, 0.4) is 0 Å². The number of fused-ring (bicyclic) bond motifs is 2. The molecule has 0 unspecified atom stereocenters. The molecule has 0 radical (unpaired) electrons. The Balaban J connectivity index is 1.34. The van der Waals surface area contributed by atoms with E-state index in [0.717, 1.165) is 27.5 Å². The first-order valence-electron chi connectivity index (χ1n) is 14.0. The van der Waals surface area contributed by atoms with Gasteiger partial charge in [-0.05, 0) is 39.6 Å². The molecule has 2 fully saturated rings. The van der Waals surface area contributed by atoms with Crippen LogP contribution in [0.15, 0.2) is 97.1 Å². The summed E-state index contributed by atoms with van der Waals surface area (Å²) in [6.45, 7) is 0.0992. The van der Waals surface area contributed by atoms with Gasteiger partial charge in [0.15, 0.2) is 0 Å². The predicted molar refractivity (Wildman–Crippen MR) is 157 cm³/mol. The fourth-order valence-corrected chi connectivity index (χ4v) is 6.06. The summed E-state index contributed by atoms with van der Waals surface area (Å²) in [6.07, 6.45) is -0.564. The fourth-order valence-electron chi connectivity index (χ4n) is 6.06. The number of carbonyl (C=O) groups excluding carboxylic acids is 3. The highest BCUT2D eigenvalue weighted by molar-refractivity contribution is 5.96. The molecule has 6 rings (SSSR count). The Morgan fingerprint density at radius 1 is 0.810 bits per heavy atom. The van der Waals surface area contributed by atoms with Crippen LogP contribution in [0.25, 0.3) is 10.8 Å². The number of urea groups is 1. The molecule has 0 aliphatic carbocycles. The molecule has 4 aromatic rings. The maximum absolute atomic E-state index is 14.1. The quantitative estimate of drug-likeness (QED) is 0.319. The van der Waals surface area contributed by atoms with Crippen LogP contribution in [0.5, 0.6) is 5.75 Å². The van der Waals surface area contributed by atoms with Crippen molar-refractivity contribution in [3.05, 3.63) is 114 Å². The van der Waals surface area contributed by atoms with Crippen LogP contribution in [-0.4, -0.2) is 74.2 Å². The van der Waals surface area contributed by atoms with E-state index in [1.54, 1.807) is 29.2 Å². The summed E-state index contributed by atoms with van der Waals surface area (Å²) >= 11 is 0. The summed E-state index contributed by atoms with van der Waals surface area (Å²) in [5.41, 5.74) is 2.62. The third-order valence-electron chi connectivity index (χ3n) is 8.13. The fraction of sp³-hybridized carbons (Fsp3) is 0.242. The maximum Gasteiger partial charge on any atom is 0.320 e. The first kappa shape index (κ1) is 27.3. The Morgan fingerprint density at radius 2 is 1.52 bits per heavy atom. The van der Waals surface area contributed by atoms with Gasteiger partial charge in [-0.25, -0.2) is 4.79 Å². The number of nitrogens with one attached hydrogen (secondary N) is 1. The van der Waals surface area contributed by atoms with Crippen molar-refractivity contribution < 1.29 is 24.6 Å². The average molecular weight is 565 g/mol. The molecule has 0 bridgehead atoms. The van der Waals surface area contributed by atoms with Crippen LogP contribution in [0.4, 0.5) is 4.79 Å². The number of aromatic hydroxyl groups is 1. The van der Waals surface area contributed by atoms with Crippen LogP contribution in [0.2, 0.25) is 0 Å². The van der Waals surface area contributed by atoms with Gasteiger partial charge in [0.25, 0.3) is 0 Å². The molecule has 3 atom stereocenters. The summed E-state index contributed by atoms with van der Waals surface area (Å²) in [7, 11) is 0. The van der Waals surface area contributed by atoms with E-state index in [4.69, 9.17) is 0 Å². The molecule has 2 heterocycles. The standard InChI is InChI=1S/C33H32N4O5/c38-21-29-32(41)36-28(17-22-13-15-26(39)16-14-22)31(40)35(19-25-11-6-10-24-9-4-5-12-27(24)25)20-30(36)37(29)33(42)34-18-23-7-2-1-3-8-23/h1-16,28-30,38-39H,17-21H2,(H,34,42)/t28-,29+,30-/m0/s1. The van der Waals surface area contributed by atoms with Gasteiger partial charge in [0.2, 0.25) is 11.8 Å². The Morgan fingerprint density at radius 3 is 2.29 bits per heavy atom. The van der Waals surface area contributed by atoms with Gasteiger partial charge in [-0.1, -0.05) is 84.9 Å². The van der Waals surface area contributed by atoms with E-state index in [2.05, 4.69) is 5.32 Å². The molecule has 42 heavy (non-hydrogen) atoms. The molecule has 9 heteroatoms. The monoisotopic (exact) mass is 564 g/mol. The first-order valence-corrected chi connectivity index (χ1v) is 14.0. The zero-order valence-corrected chi connectivity index (χ0v) is 23.0. The van der Waals surface area contributed by atoms with E-state index in [1.807, 2.05) is 72.8 Å². The van der Waals surface area contributed by atoms with Crippen LogP contribution in [0.1, 0.15) is 16.7 Å². The smallest absolute Gasteiger partial charge is 0.320 e. The molecule has 0 spiro atoms. The highest BCUT2D eigenvalue weighted by Crippen LogP contribution is 2.33. The third kappa shape index (κ3) is 5.14. The molecule has 2 aliphatic rings. The van der Waals surface area contributed by atoms with E-state index in [9.17, 15) is 24.6 Å². The van der Waals surface area contributed by atoms with Crippen LogP contribution < -0.4 is 5.32 Å². The summed E-state index contributed by atoms with van der Waals surface area (Å²) in [6, 6.07) is 27.4. The Kier molecular flexibility index (Phi) is 7.50. The van der Waals surface area contributed by atoms with Crippen molar-refractivity contribution in [2.24, 2.45) is 0 Å². The molecule has 2 aliphatic heterocycles. The second-order valence-electron chi connectivity index (χ2n) is 10.7. The van der Waals surface area contributed by atoms with E-state index in [0.29, 0.717) is 6.54 Å². The molecule has 0 aromatic heterocycles. The SMILES string of the molecule is O=C1[C@H](Cc2ccc(O)cc2)N2C(=O)[C@@H](CO)N(C(=O)NCc3ccccc3)[C@H]2CN1Cc1cccc2ccccc12. The Labute approximate surface area is 243 Å². The maximum atomic E-state index is 14.1. The number of rotatable bonds is 7. The molecule has 4 amide bonds. The molecule has 3 N–H and O–H groups in total. The molecule has 9 nitrogen and oxygen atoms in total. The van der Waals surface area contributed by atoms with Crippen molar-refractivity contribution in [3.63, 3.8) is 0 Å². The molecule has 214 valence electrons. The van der Waals surface area contributed by atoms with Gasteiger partial charge in [0, 0.05) is 19.5 Å². The van der Waals surface area contributed by atoms with E-state index in [1.165, 1.54) is 9.80 Å². The minimum Gasteiger partial charge on any atom is -0.508 e. The van der Waals surface area contributed by atoms with Gasteiger partial charge in [-0.15, -0.1) is 0 Å². The average Bonchev–Trinajstić information content (AvgIpc) is 3.30. The number of phenols is 1. The molecular formula is C33H32N4O5. The van der Waals surface area contributed by atoms with Gasteiger partial charge in [0.05, 0.1) is 13.2 Å². The van der Waals surface area contributed by atoms with Crippen molar-refractivity contribution >= 4 is 28.6 Å². The van der Waals surface area contributed by atoms with Gasteiger partial charge >= 0.3 is 6.03 Å². The summed E-state index contributed by atoms with van der Waals surface area (Å²) in [4.78, 5) is 46.0. The number of aliphatic hydroxyl groups is 1. The van der Waals surface area contributed by atoms with Crippen LogP contribution in [-0.2, 0) is 29.1 Å². The number of piperazine rings is 1. The second-order valence-corrected chi connectivity index (χ2v) is 10.7. The number of hydrogen-bond donors (Lipinski definition) is 3. The lowest BCUT2D eigenvalue weighted by molar-refractivity contribution is -0.153. The highest BCUT2D eigenvalue weighted by atomic mass is 16.3. The number of phenolic OH excluding ortho intramolecular Hbond substituents is 1. The lowest BCUT2D eigenvalue weighted by atomic mass is 9.98. The number of amides is 4. The minimum atomic E-state index is -1.11. The van der Waals surface area contributed by atoms with Crippen LogP contribution in [0, 0.1) is 0 Å². The first-order chi connectivity index (χ1) is 20.4. The molecule has 4 aromatic carbocycles. The van der Waals surface area contributed by atoms with Crippen molar-refractivity contribution in [2.75, 3.05) is 13.2 Å². The lowest BCUT2D eigenvalue weighted by Crippen LogP contribution is -2.64. The number of carbonyl (C=O) groups is 3. The van der Waals surface area contributed by atoms with Gasteiger partial charge in [0.1, 0.15) is 24.0 Å². The zero-order valence-electron chi connectivity index (χ0n) is 23.0. The molecule has 2 saturated heterocycles. The highest BCUT2D eigenvalue weighted by Gasteiger charge is 2.55. The van der Waals surface area contributed by atoms with Gasteiger partial charge < -0.3 is 25.3 Å². The number of aliphatic hydroxyl groups excluding tert-OH is 1. The Hall–Kier alpha value is -4.89. The molecular weight excluding hydrogens is 532 g/mol. The van der Waals surface area contributed by atoms with E-state index >= 15 is 0 Å². The topological polar surface area (TPSA) is 113 Å². The lowest BCUT2D eigenvalue weighted by Gasteiger charge is -2.44. The van der Waals surface area contributed by atoms with Crippen molar-refractivity contribution in [1.29, 1.82) is 0 Å². The summed E-state index contributed by atoms with van der Waals surface area (Å²) in [5.74, 6) is -0.592. The third-order valence-corrected chi connectivity index (χ3v) is 8.13. The van der Waals surface area contributed by atoms with Crippen molar-refractivity contribution in [3.8, 4) is 5.75 Å². The van der Waals surface area contributed by atoms with E-state index < -0.39 is 36.8 Å². The number of hydrogen-bond acceptors (Lipinski definition) is 5. The van der Waals surface area contributed by atoms with Gasteiger partial charge in [-0.2, -0.15) is 0 Å². The molecule has 0 saturated carbocycles. The zero-order chi connectivity index (χ0) is 29.2. The van der Waals surface area contributed by atoms with Crippen molar-refractivity contribution in [1.82, 2.24) is 20.0 Å². The van der Waals surface area contributed by atoms with E-state index in [-0.39, 0.29) is 31.2 Å². The number of benzene rings is 4. The predicted octanol–water partition coefficient (Wildman–Crippen LogP) is 3.24. The van der Waals surface area contributed by atoms with Gasteiger partial charge in [-0.3, -0.25) is 14.5 Å².